The average Bonchev–Trinajstić information content (AvgIpc) is 2.77. The highest BCUT2D eigenvalue weighted by Gasteiger charge is 2.16. The van der Waals surface area contributed by atoms with Crippen LogP contribution in [0.15, 0.2) is 11.1 Å². The number of rotatable bonds is 7. The number of nitrogens with zero attached hydrogens (tertiary/aromatic N) is 3. The van der Waals surface area contributed by atoms with Gasteiger partial charge in [0.1, 0.15) is 0 Å². The van der Waals surface area contributed by atoms with E-state index in [1.54, 1.807) is 14.2 Å². The topological polar surface area (TPSA) is 63.5 Å². The van der Waals surface area contributed by atoms with Crippen molar-refractivity contribution in [2.24, 2.45) is 10.9 Å². The maximum Gasteiger partial charge on any atom is 0.191 e. The zero-order valence-electron chi connectivity index (χ0n) is 15.4. The fraction of sp³-hybridized carbons (Fsp3) is 0.750. The molecular formula is C16H32IN5O. The van der Waals surface area contributed by atoms with E-state index in [2.05, 4.69) is 45.3 Å². The number of hydrogen-bond donors (Lipinski definition) is 2. The number of halogens is 1. The molecule has 1 aromatic heterocycles. The molecule has 0 bridgehead atoms. The van der Waals surface area contributed by atoms with Crippen molar-refractivity contribution in [3.63, 3.8) is 0 Å². The van der Waals surface area contributed by atoms with Crippen molar-refractivity contribution >= 4 is 29.9 Å². The minimum absolute atomic E-state index is 0. The van der Waals surface area contributed by atoms with Crippen LogP contribution in [0.25, 0.3) is 0 Å². The molecule has 0 aliphatic rings. The van der Waals surface area contributed by atoms with Crippen LogP contribution in [0.3, 0.4) is 0 Å². The molecule has 0 spiro atoms. The molecule has 1 aromatic rings. The summed E-state index contributed by atoms with van der Waals surface area (Å²) in [4.78, 5) is 4.24. The quantitative estimate of drug-likeness (QED) is 0.391. The molecule has 0 radical (unpaired) electrons. The van der Waals surface area contributed by atoms with E-state index in [0.29, 0.717) is 12.5 Å². The van der Waals surface area contributed by atoms with E-state index in [1.165, 1.54) is 5.69 Å². The van der Waals surface area contributed by atoms with E-state index in [4.69, 9.17) is 4.74 Å². The zero-order valence-corrected chi connectivity index (χ0v) is 17.8. The molecule has 0 fully saturated rings. The summed E-state index contributed by atoms with van der Waals surface area (Å²) < 4.78 is 7.46. The lowest BCUT2D eigenvalue weighted by Gasteiger charge is -2.25. The van der Waals surface area contributed by atoms with Crippen molar-refractivity contribution in [3.05, 3.63) is 17.5 Å². The molecule has 0 saturated heterocycles. The van der Waals surface area contributed by atoms with Crippen LogP contribution in [0.4, 0.5) is 0 Å². The van der Waals surface area contributed by atoms with Gasteiger partial charge < -0.3 is 15.4 Å². The molecule has 0 saturated carbocycles. The van der Waals surface area contributed by atoms with Gasteiger partial charge >= 0.3 is 0 Å². The molecule has 0 aromatic carbocycles. The minimum atomic E-state index is -0.215. The summed E-state index contributed by atoms with van der Waals surface area (Å²) in [5, 5.41) is 11.1. The number of hydrogen-bond acceptors (Lipinski definition) is 3. The van der Waals surface area contributed by atoms with Gasteiger partial charge in [-0.05, 0) is 39.7 Å². The maximum atomic E-state index is 5.40. The minimum Gasteiger partial charge on any atom is -0.377 e. The fourth-order valence-electron chi connectivity index (χ4n) is 2.08. The van der Waals surface area contributed by atoms with Gasteiger partial charge in [0.2, 0.25) is 0 Å². The van der Waals surface area contributed by atoms with Gasteiger partial charge in [-0.1, -0.05) is 6.92 Å². The van der Waals surface area contributed by atoms with Gasteiger partial charge in [0, 0.05) is 39.5 Å². The van der Waals surface area contributed by atoms with Crippen molar-refractivity contribution in [2.75, 3.05) is 27.2 Å². The summed E-state index contributed by atoms with van der Waals surface area (Å²) in [5.41, 5.74) is 2.05. The zero-order chi connectivity index (χ0) is 16.8. The number of aliphatic imine (C=N–C) groups is 1. The summed E-state index contributed by atoms with van der Waals surface area (Å²) in [7, 11) is 3.50. The molecule has 23 heavy (non-hydrogen) atoms. The number of aromatic nitrogens is 2. The SMILES string of the molecule is CN=C(NCC(C)Cn1nc(C)cc1C)NCC(C)(C)OC.I. The normalized spacial score (nSPS) is 13.4. The Morgan fingerprint density at radius 2 is 2.04 bits per heavy atom. The van der Waals surface area contributed by atoms with Crippen LogP contribution >= 0.6 is 24.0 Å². The third-order valence-electron chi connectivity index (χ3n) is 3.66. The van der Waals surface area contributed by atoms with Crippen molar-refractivity contribution in [1.29, 1.82) is 0 Å². The van der Waals surface area contributed by atoms with Gasteiger partial charge in [0.15, 0.2) is 5.96 Å². The van der Waals surface area contributed by atoms with Crippen LogP contribution in [0.2, 0.25) is 0 Å². The molecule has 1 rings (SSSR count). The Kier molecular flexibility index (Phi) is 9.76. The van der Waals surface area contributed by atoms with Crippen LogP contribution in [0.1, 0.15) is 32.2 Å². The summed E-state index contributed by atoms with van der Waals surface area (Å²) >= 11 is 0. The highest BCUT2D eigenvalue weighted by molar-refractivity contribution is 14.0. The second-order valence-electron chi connectivity index (χ2n) is 6.48. The van der Waals surface area contributed by atoms with Crippen LogP contribution in [-0.4, -0.2) is 48.6 Å². The standard InChI is InChI=1S/C16H31N5O.HI/c1-12(10-21-14(3)8-13(2)20-21)9-18-15(17-6)19-11-16(4,5)22-7;/h8,12H,9-11H2,1-7H3,(H2,17,18,19);1H. The summed E-state index contributed by atoms with van der Waals surface area (Å²) in [6.45, 7) is 12.8. The smallest absolute Gasteiger partial charge is 0.191 e. The molecule has 0 amide bonds. The first-order valence-corrected chi connectivity index (χ1v) is 7.78. The number of ether oxygens (including phenoxy) is 1. The molecule has 2 N–H and O–H groups in total. The average molecular weight is 437 g/mol. The molecule has 1 heterocycles. The van der Waals surface area contributed by atoms with Gasteiger partial charge in [-0.25, -0.2) is 0 Å². The van der Waals surface area contributed by atoms with E-state index < -0.39 is 0 Å². The lowest BCUT2D eigenvalue weighted by Crippen LogP contribution is -2.46. The first-order valence-electron chi connectivity index (χ1n) is 7.78. The lowest BCUT2D eigenvalue weighted by atomic mass is 10.1. The predicted molar refractivity (Wildman–Crippen MR) is 107 cm³/mol. The van der Waals surface area contributed by atoms with E-state index in [9.17, 15) is 0 Å². The highest BCUT2D eigenvalue weighted by atomic mass is 127. The van der Waals surface area contributed by atoms with Crippen LogP contribution < -0.4 is 10.6 Å². The predicted octanol–water partition coefficient (Wildman–Crippen LogP) is 2.34. The summed E-state index contributed by atoms with van der Waals surface area (Å²) in [6, 6.07) is 2.10. The second-order valence-corrected chi connectivity index (χ2v) is 6.48. The van der Waals surface area contributed by atoms with Gasteiger partial charge in [-0.2, -0.15) is 5.10 Å². The molecule has 0 aliphatic carbocycles. The van der Waals surface area contributed by atoms with E-state index in [0.717, 1.165) is 24.7 Å². The fourth-order valence-corrected chi connectivity index (χ4v) is 2.08. The molecule has 1 atom stereocenters. The molecular weight excluding hydrogens is 405 g/mol. The first-order chi connectivity index (χ1) is 10.3. The van der Waals surface area contributed by atoms with Crippen molar-refractivity contribution in [1.82, 2.24) is 20.4 Å². The largest absolute Gasteiger partial charge is 0.377 e. The number of nitrogens with one attached hydrogen (secondary N) is 2. The van der Waals surface area contributed by atoms with E-state index in [1.807, 2.05) is 20.8 Å². The highest BCUT2D eigenvalue weighted by Crippen LogP contribution is 2.06. The van der Waals surface area contributed by atoms with Crippen molar-refractivity contribution in [3.8, 4) is 0 Å². The monoisotopic (exact) mass is 437 g/mol. The Morgan fingerprint density at radius 3 is 2.52 bits per heavy atom. The number of aryl methyl sites for hydroxylation is 2. The molecule has 134 valence electrons. The van der Waals surface area contributed by atoms with Gasteiger partial charge in [-0.3, -0.25) is 9.67 Å². The Labute approximate surface area is 157 Å². The van der Waals surface area contributed by atoms with Crippen molar-refractivity contribution in [2.45, 2.75) is 46.8 Å². The lowest BCUT2D eigenvalue weighted by molar-refractivity contribution is 0.0268. The molecule has 0 aliphatic heterocycles. The van der Waals surface area contributed by atoms with Crippen LogP contribution in [0.5, 0.6) is 0 Å². The second kappa shape index (κ2) is 10.1. The third kappa shape index (κ3) is 8.01. The van der Waals surface area contributed by atoms with Gasteiger partial charge in [0.05, 0.1) is 11.3 Å². The number of methoxy groups -OCH3 is 1. The van der Waals surface area contributed by atoms with Crippen molar-refractivity contribution < 1.29 is 4.74 Å². The Balaban J connectivity index is 0.00000484. The van der Waals surface area contributed by atoms with Gasteiger partial charge in [-0.15, -0.1) is 24.0 Å². The van der Waals surface area contributed by atoms with E-state index >= 15 is 0 Å². The van der Waals surface area contributed by atoms with E-state index in [-0.39, 0.29) is 29.6 Å². The Morgan fingerprint density at radius 1 is 1.39 bits per heavy atom. The summed E-state index contributed by atoms with van der Waals surface area (Å²) in [6.07, 6.45) is 0. The van der Waals surface area contributed by atoms with Crippen LogP contribution in [-0.2, 0) is 11.3 Å². The summed E-state index contributed by atoms with van der Waals surface area (Å²) in [5.74, 6) is 1.25. The first kappa shape index (κ1) is 22.2. The van der Waals surface area contributed by atoms with Gasteiger partial charge in [0.25, 0.3) is 0 Å². The third-order valence-corrected chi connectivity index (χ3v) is 3.66. The number of guanidine groups is 1. The molecule has 6 nitrogen and oxygen atoms in total. The van der Waals surface area contributed by atoms with Crippen LogP contribution in [0, 0.1) is 19.8 Å². The molecule has 1 unspecified atom stereocenters. The molecule has 7 heteroatoms. The Hall–Kier alpha value is -0.830. The Bertz CT molecular complexity index is 499. The maximum absolute atomic E-state index is 5.40.